The Hall–Kier alpha value is -1.80. The molecule has 0 aliphatic rings. The first-order valence-electron chi connectivity index (χ1n) is 5.27. The fourth-order valence-corrected chi connectivity index (χ4v) is 1.78. The van der Waals surface area contributed by atoms with Gasteiger partial charge < -0.3 is 10.8 Å². The van der Waals surface area contributed by atoms with E-state index in [0.717, 1.165) is 16.7 Å². The average Bonchev–Trinajstić information content (AvgIpc) is 2.29. The standard InChI is InChI=1S/C14H15NO/c1-10-5-4-6-11(9-10)14(16)12-7-2-3-8-13(12)15/h2-9,14,16H,15H2,1H3. The van der Waals surface area contributed by atoms with E-state index in [4.69, 9.17) is 5.73 Å². The highest BCUT2D eigenvalue weighted by atomic mass is 16.3. The molecular formula is C14H15NO. The van der Waals surface area contributed by atoms with Crippen LogP contribution in [0.5, 0.6) is 0 Å². The summed E-state index contributed by atoms with van der Waals surface area (Å²) in [5.41, 5.74) is 9.22. The third-order valence-electron chi connectivity index (χ3n) is 2.65. The van der Waals surface area contributed by atoms with Gasteiger partial charge in [-0.15, -0.1) is 0 Å². The van der Waals surface area contributed by atoms with Crippen LogP contribution in [0.15, 0.2) is 48.5 Å². The average molecular weight is 213 g/mol. The Balaban J connectivity index is 2.39. The lowest BCUT2D eigenvalue weighted by atomic mass is 9.99. The smallest absolute Gasteiger partial charge is 0.106 e. The number of rotatable bonds is 2. The third kappa shape index (κ3) is 2.07. The monoisotopic (exact) mass is 213 g/mol. The summed E-state index contributed by atoms with van der Waals surface area (Å²) in [6.45, 7) is 2.00. The Morgan fingerprint density at radius 2 is 1.81 bits per heavy atom. The van der Waals surface area contributed by atoms with Gasteiger partial charge in [-0.05, 0) is 18.6 Å². The van der Waals surface area contributed by atoms with Crippen molar-refractivity contribution < 1.29 is 5.11 Å². The van der Waals surface area contributed by atoms with Crippen LogP contribution in [0.3, 0.4) is 0 Å². The van der Waals surface area contributed by atoms with Gasteiger partial charge >= 0.3 is 0 Å². The zero-order valence-electron chi connectivity index (χ0n) is 9.22. The molecule has 16 heavy (non-hydrogen) atoms. The normalized spacial score (nSPS) is 12.4. The van der Waals surface area contributed by atoms with Crippen molar-refractivity contribution in [2.24, 2.45) is 0 Å². The van der Waals surface area contributed by atoms with Crippen LogP contribution in [0.25, 0.3) is 0 Å². The first-order chi connectivity index (χ1) is 7.68. The van der Waals surface area contributed by atoms with Crippen molar-refractivity contribution >= 4 is 5.69 Å². The number of hydrogen-bond acceptors (Lipinski definition) is 2. The second kappa shape index (κ2) is 4.37. The summed E-state index contributed by atoms with van der Waals surface area (Å²) in [5, 5.41) is 10.2. The van der Waals surface area contributed by atoms with Gasteiger partial charge in [0.15, 0.2) is 0 Å². The lowest BCUT2D eigenvalue weighted by Crippen LogP contribution is -2.03. The Bertz CT molecular complexity index is 494. The van der Waals surface area contributed by atoms with Crippen molar-refractivity contribution in [1.29, 1.82) is 0 Å². The molecule has 3 N–H and O–H groups in total. The lowest BCUT2D eigenvalue weighted by Gasteiger charge is -2.14. The van der Waals surface area contributed by atoms with E-state index in [1.807, 2.05) is 49.4 Å². The molecule has 0 saturated carbocycles. The number of aliphatic hydroxyl groups excluding tert-OH is 1. The number of benzene rings is 2. The van der Waals surface area contributed by atoms with E-state index < -0.39 is 6.10 Å². The maximum Gasteiger partial charge on any atom is 0.106 e. The van der Waals surface area contributed by atoms with Crippen molar-refractivity contribution in [2.45, 2.75) is 13.0 Å². The molecule has 0 heterocycles. The number of anilines is 1. The highest BCUT2D eigenvalue weighted by Gasteiger charge is 2.12. The minimum atomic E-state index is -0.652. The zero-order chi connectivity index (χ0) is 11.5. The van der Waals surface area contributed by atoms with Gasteiger partial charge in [-0.1, -0.05) is 48.0 Å². The molecule has 0 aliphatic carbocycles. The molecule has 0 spiro atoms. The lowest BCUT2D eigenvalue weighted by molar-refractivity contribution is 0.221. The first kappa shape index (κ1) is 10.7. The predicted octanol–water partition coefficient (Wildman–Crippen LogP) is 2.66. The highest BCUT2D eigenvalue weighted by molar-refractivity contribution is 5.50. The van der Waals surface area contributed by atoms with E-state index in [-0.39, 0.29) is 0 Å². The predicted molar refractivity (Wildman–Crippen MR) is 66.1 cm³/mol. The van der Waals surface area contributed by atoms with Gasteiger partial charge in [-0.3, -0.25) is 0 Å². The van der Waals surface area contributed by atoms with Crippen molar-refractivity contribution in [3.63, 3.8) is 0 Å². The largest absolute Gasteiger partial charge is 0.398 e. The Kier molecular flexibility index (Phi) is 2.93. The minimum Gasteiger partial charge on any atom is -0.398 e. The van der Waals surface area contributed by atoms with E-state index in [2.05, 4.69) is 0 Å². The number of hydrogen-bond donors (Lipinski definition) is 2. The van der Waals surface area contributed by atoms with Gasteiger partial charge in [0.05, 0.1) is 0 Å². The number of aliphatic hydroxyl groups is 1. The van der Waals surface area contributed by atoms with Crippen LogP contribution in [0.2, 0.25) is 0 Å². The molecule has 0 amide bonds. The Morgan fingerprint density at radius 3 is 2.50 bits per heavy atom. The van der Waals surface area contributed by atoms with E-state index in [9.17, 15) is 5.11 Å². The number of nitrogen functional groups attached to an aromatic ring is 1. The summed E-state index contributed by atoms with van der Waals surface area (Å²) in [6, 6.07) is 15.2. The summed E-state index contributed by atoms with van der Waals surface area (Å²) in [5.74, 6) is 0. The molecule has 2 heteroatoms. The molecule has 0 bridgehead atoms. The molecule has 2 rings (SSSR count). The van der Waals surface area contributed by atoms with Gasteiger partial charge in [-0.2, -0.15) is 0 Å². The summed E-state index contributed by atoms with van der Waals surface area (Å²) in [6.07, 6.45) is -0.652. The van der Waals surface area contributed by atoms with Gasteiger partial charge in [0.1, 0.15) is 6.10 Å². The Labute approximate surface area is 95.4 Å². The number of nitrogens with two attached hydrogens (primary N) is 1. The van der Waals surface area contributed by atoms with Crippen LogP contribution >= 0.6 is 0 Å². The fraction of sp³-hybridized carbons (Fsp3) is 0.143. The number of para-hydroxylation sites is 1. The second-order valence-electron chi connectivity index (χ2n) is 3.95. The molecule has 0 fully saturated rings. The highest BCUT2D eigenvalue weighted by Crippen LogP contribution is 2.26. The maximum absolute atomic E-state index is 10.2. The van der Waals surface area contributed by atoms with Crippen LogP contribution in [0.4, 0.5) is 5.69 Å². The molecule has 2 aromatic carbocycles. The van der Waals surface area contributed by atoms with Crippen molar-refractivity contribution in [1.82, 2.24) is 0 Å². The molecular weight excluding hydrogens is 198 g/mol. The van der Waals surface area contributed by atoms with E-state index in [0.29, 0.717) is 5.69 Å². The molecule has 0 aliphatic heterocycles. The van der Waals surface area contributed by atoms with Crippen molar-refractivity contribution in [3.05, 3.63) is 65.2 Å². The summed E-state index contributed by atoms with van der Waals surface area (Å²) >= 11 is 0. The molecule has 0 radical (unpaired) electrons. The van der Waals surface area contributed by atoms with Crippen LogP contribution in [0, 0.1) is 6.92 Å². The van der Waals surface area contributed by atoms with Gasteiger partial charge in [-0.25, -0.2) is 0 Å². The van der Waals surface area contributed by atoms with E-state index >= 15 is 0 Å². The van der Waals surface area contributed by atoms with Gasteiger partial charge in [0.2, 0.25) is 0 Å². The SMILES string of the molecule is Cc1cccc(C(O)c2ccccc2N)c1. The second-order valence-corrected chi connectivity index (χ2v) is 3.95. The van der Waals surface area contributed by atoms with Crippen molar-refractivity contribution in [2.75, 3.05) is 5.73 Å². The van der Waals surface area contributed by atoms with Crippen LogP contribution in [-0.2, 0) is 0 Å². The quantitative estimate of drug-likeness (QED) is 0.753. The van der Waals surface area contributed by atoms with Crippen LogP contribution < -0.4 is 5.73 Å². The van der Waals surface area contributed by atoms with Crippen LogP contribution in [-0.4, -0.2) is 5.11 Å². The summed E-state index contributed by atoms with van der Waals surface area (Å²) < 4.78 is 0. The first-order valence-corrected chi connectivity index (χ1v) is 5.27. The van der Waals surface area contributed by atoms with Crippen molar-refractivity contribution in [3.8, 4) is 0 Å². The molecule has 0 aromatic heterocycles. The minimum absolute atomic E-state index is 0.622. The van der Waals surface area contributed by atoms with Gasteiger partial charge in [0.25, 0.3) is 0 Å². The van der Waals surface area contributed by atoms with E-state index in [1.165, 1.54) is 0 Å². The molecule has 2 nitrogen and oxygen atoms in total. The molecule has 2 aromatic rings. The van der Waals surface area contributed by atoms with Gasteiger partial charge in [0, 0.05) is 11.3 Å². The van der Waals surface area contributed by atoms with Crippen LogP contribution in [0.1, 0.15) is 22.8 Å². The summed E-state index contributed by atoms with van der Waals surface area (Å²) in [4.78, 5) is 0. The third-order valence-corrected chi connectivity index (χ3v) is 2.65. The molecule has 1 unspecified atom stereocenters. The molecule has 0 saturated heterocycles. The maximum atomic E-state index is 10.2. The molecule has 82 valence electrons. The fourth-order valence-electron chi connectivity index (χ4n) is 1.78. The van der Waals surface area contributed by atoms with E-state index in [1.54, 1.807) is 6.07 Å². The topological polar surface area (TPSA) is 46.2 Å². The number of aryl methyl sites for hydroxylation is 1. The molecule has 1 atom stereocenters. The summed E-state index contributed by atoms with van der Waals surface area (Å²) in [7, 11) is 0. The zero-order valence-corrected chi connectivity index (χ0v) is 9.22. The Morgan fingerprint density at radius 1 is 1.06 bits per heavy atom.